The van der Waals surface area contributed by atoms with Crippen molar-refractivity contribution in [2.24, 2.45) is 23.2 Å². The van der Waals surface area contributed by atoms with Crippen LogP contribution in [-0.2, 0) is 20.7 Å². The minimum atomic E-state index is -0.565. The molecule has 6 rings (SSSR count). The number of ether oxygens (including phenoxy) is 1. The van der Waals surface area contributed by atoms with E-state index in [0.717, 1.165) is 64.5 Å². The highest BCUT2D eigenvalue weighted by Gasteiger charge is 2.57. The molecule has 5 nitrogen and oxygen atoms in total. The van der Waals surface area contributed by atoms with E-state index in [1.165, 1.54) is 12.0 Å². The first-order chi connectivity index (χ1) is 14.9. The number of hydrogen-bond acceptors (Lipinski definition) is 4. The van der Waals surface area contributed by atoms with Crippen molar-refractivity contribution in [3.8, 4) is 0 Å². The van der Waals surface area contributed by atoms with Gasteiger partial charge >= 0.3 is 5.97 Å². The van der Waals surface area contributed by atoms with Gasteiger partial charge in [0.15, 0.2) is 6.61 Å². The van der Waals surface area contributed by atoms with Crippen molar-refractivity contribution in [2.75, 3.05) is 19.7 Å². The Kier molecular flexibility index (Phi) is 5.58. The molecule has 2 unspecified atom stereocenters. The summed E-state index contributed by atoms with van der Waals surface area (Å²) in [7, 11) is 0. The summed E-state index contributed by atoms with van der Waals surface area (Å²) in [6.45, 7) is 1.35. The van der Waals surface area contributed by atoms with Crippen LogP contribution in [0.5, 0.6) is 0 Å². The molecule has 5 heteroatoms. The van der Waals surface area contributed by atoms with E-state index in [1.54, 1.807) is 0 Å². The number of carbonyl (C=O) groups is 2. The largest absolute Gasteiger partial charge is 0.456 e. The van der Waals surface area contributed by atoms with Crippen molar-refractivity contribution >= 4 is 11.9 Å². The van der Waals surface area contributed by atoms with E-state index in [1.807, 2.05) is 11.0 Å². The zero-order valence-electron chi connectivity index (χ0n) is 18.4. The Morgan fingerprint density at radius 2 is 1.71 bits per heavy atom. The van der Waals surface area contributed by atoms with Crippen LogP contribution in [0.2, 0.25) is 0 Å². The Bertz CT molecular complexity index is 800. The molecule has 1 N–H and O–H groups in total. The number of aliphatic hydroxyl groups is 1. The lowest BCUT2D eigenvalue weighted by molar-refractivity contribution is -0.178. The second-order valence-electron chi connectivity index (χ2n) is 11.0. The fraction of sp³-hybridized carbons (Fsp3) is 0.692. The Balaban J connectivity index is 1.06. The van der Waals surface area contributed by atoms with Crippen LogP contribution in [0, 0.1) is 23.2 Å². The minimum Gasteiger partial charge on any atom is -0.456 e. The molecule has 0 aromatic heterocycles. The Morgan fingerprint density at radius 1 is 1.03 bits per heavy atom. The molecule has 168 valence electrons. The molecule has 4 aliphatic carbocycles. The summed E-state index contributed by atoms with van der Waals surface area (Å²) in [5, 5.41) is 10.9. The molecule has 5 fully saturated rings. The molecule has 1 saturated heterocycles. The topological polar surface area (TPSA) is 66.8 Å². The van der Waals surface area contributed by atoms with Crippen molar-refractivity contribution in [3.63, 3.8) is 0 Å². The molecule has 31 heavy (non-hydrogen) atoms. The van der Waals surface area contributed by atoms with E-state index in [9.17, 15) is 14.7 Å². The molecule has 1 aliphatic heterocycles. The normalized spacial score (nSPS) is 34.7. The van der Waals surface area contributed by atoms with E-state index in [-0.39, 0.29) is 23.9 Å². The summed E-state index contributed by atoms with van der Waals surface area (Å²) in [5.41, 5.74) is 0.689. The van der Waals surface area contributed by atoms with Crippen LogP contribution in [0.4, 0.5) is 0 Å². The van der Waals surface area contributed by atoms with Crippen molar-refractivity contribution in [3.05, 3.63) is 35.9 Å². The summed E-state index contributed by atoms with van der Waals surface area (Å²) < 4.78 is 5.44. The summed E-state index contributed by atoms with van der Waals surface area (Å²) in [6, 6.07) is 10.5. The van der Waals surface area contributed by atoms with Gasteiger partial charge in [0.25, 0.3) is 5.91 Å². The van der Waals surface area contributed by atoms with Crippen LogP contribution < -0.4 is 0 Å². The maximum Gasteiger partial charge on any atom is 0.306 e. The second-order valence-corrected chi connectivity index (χ2v) is 11.0. The number of amides is 1. The maximum atomic E-state index is 12.6. The van der Waals surface area contributed by atoms with Gasteiger partial charge in [-0.2, -0.15) is 0 Å². The summed E-state index contributed by atoms with van der Waals surface area (Å²) in [6.07, 6.45) is 9.22. The van der Waals surface area contributed by atoms with Crippen LogP contribution in [0.15, 0.2) is 30.3 Å². The Morgan fingerprint density at radius 3 is 2.35 bits per heavy atom. The van der Waals surface area contributed by atoms with E-state index in [2.05, 4.69) is 24.3 Å². The number of rotatable bonds is 6. The zero-order valence-corrected chi connectivity index (χ0v) is 18.4. The third kappa shape index (κ3) is 4.67. The molecule has 1 amide bonds. The third-order valence-corrected chi connectivity index (χ3v) is 8.36. The molecule has 1 aromatic carbocycles. The smallest absolute Gasteiger partial charge is 0.306 e. The molecule has 4 saturated carbocycles. The zero-order chi connectivity index (χ0) is 21.5. The van der Waals surface area contributed by atoms with E-state index in [4.69, 9.17) is 4.74 Å². The average molecular weight is 426 g/mol. The molecule has 1 heterocycles. The van der Waals surface area contributed by atoms with Crippen LogP contribution >= 0.6 is 0 Å². The first-order valence-corrected chi connectivity index (χ1v) is 12.1. The molecule has 1 aromatic rings. The molecular weight excluding hydrogens is 390 g/mol. The molecular formula is C26H35NO4. The maximum absolute atomic E-state index is 12.6. The quantitative estimate of drug-likeness (QED) is 0.705. The molecule has 0 spiro atoms. The lowest BCUT2D eigenvalue weighted by Crippen LogP contribution is -2.56. The number of esters is 1. The fourth-order valence-electron chi connectivity index (χ4n) is 7.53. The highest BCUT2D eigenvalue weighted by molar-refractivity contribution is 5.81. The average Bonchev–Trinajstić information content (AvgIpc) is 2.71. The molecule has 5 aliphatic rings. The molecule has 0 radical (unpaired) electrons. The number of hydrogen-bond donors (Lipinski definition) is 1. The highest BCUT2D eigenvalue weighted by atomic mass is 16.5. The number of nitrogens with zero attached hydrogens (tertiary/aromatic N) is 1. The molecule has 4 atom stereocenters. The van der Waals surface area contributed by atoms with Gasteiger partial charge in [-0.3, -0.25) is 9.59 Å². The Labute approximate surface area is 185 Å². The second kappa shape index (κ2) is 8.23. The van der Waals surface area contributed by atoms with Crippen molar-refractivity contribution in [1.82, 2.24) is 4.90 Å². The number of benzene rings is 1. The summed E-state index contributed by atoms with van der Waals surface area (Å²) in [4.78, 5) is 27.0. The SMILES string of the molecule is O=C(CC12C[C@@H]3C[C@@H](CC(O)(C3)C1)C2)OCC(=O)N1CCC(Cc2ccccc2)CC1. The molecule has 4 bridgehead atoms. The van der Waals surface area contributed by atoms with Crippen LogP contribution in [0.25, 0.3) is 0 Å². The Hall–Kier alpha value is -1.88. The highest BCUT2D eigenvalue weighted by Crippen LogP contribution is 2.62. The first kappa shape index (κ1) is 21.0. The monoisotopic (exact) mass is 425 g/mol. The van der Waals surface area contributed by atoms with Gasteiger partial charge in [-0.1, -0.05) is 30.3 Å². The number of carbonyl (C=O) groups excluding carboxylic acids is 2. The lowest BCUT2D eigenvalue weighted by Gasteiger charge is -2.60. The van der Waals surface area contributed by atoms with Gasteiger partial charge < -0.3 is 14.7 Å². The predicted octanol–water partition coefficient (Wildman–Crippen LogP) is 3.73. The van der Waals surface area contributed by atoms with Crippen LogP contribution in [-0.4, -0.2) is 47.2 Å². The van der Waals surface area contributed by atoms with Crippen molar-refractivity contribution in [1.29, 1.82) is 0 Å². The minimum absolute atomic E-state index is 0.0735. The van der Waals surface area contributed by atoms with E-state index < -0.39 is 5.60 Å². The predicted molar refractivity (Wildman–Crippen MR) is 117 cm³/mol. The van der Waals surface area contributed by atoms with Crippen LogP contribution in [0.3, 0.4) is 0 Å². The number of likely N-dealkylation sites (tertiary alicyclic amines) is 1. The van der Waals surface area contributed by atoms with E-state index in [0.29, 0.717) is 24.2 Å². The van der Waals surface area contributed by atoms with Crippen molar-refractivity contribution < 1.29 is 19.4 Å². The van der Waals surface area contributed by atoms with Gasteiger partial charge in [0.2, 0.25) is 0 Å². The van der Waals surface area contributed by atoms with Gasteiger partial charge in [0.05, 0.1) is 12.0 Å². The van der Waals surface area contributed by atoms with Gasteiger partial charge in [0.1, 0.15) is 0 Å². The van der Waals surface area contributed by atoms with Gasteiger partial charge in [-0.15, -0.1) is 0 Å². The van der Waals surface area contributed by atoms with Crippen molar-refractivity contribution in [2.45, 2.75) is 69.8 Å². The van der Waals surface area contributed by atoms with Gasteiger partial charge in [-0.05, 0) is 86.5 Å². The van der Waals surface area contributed by atoms with Gasteiger partial charge in [-0.25, -0.2) is 0 Å². The lowest BCUT2D eigenvalue weighted by atomic mass is 9.47. The third-order valence-electron chi connectivity index (χ3n) is 8.36. The number of piperidine rings is 1. The standard InChI is InChI=1S/C26H35NO4/c28-23(27-8-6-20(7-9-27)10-19-4-2-1-3-5-19)17-31-24(29)16-25-12-21-11-22(13-25)15-26(30,14-21)18-25/h1-5,20-22,30H,6-18H2/t21-,22+,25?,26?. The fourth-order valence-corrected chi connectivity index (χ4v) is 7.53. The first-order valence-electron chi connectivity index (χ1n) is 12.1. The summed E-state index contributed by atoms with van der Waals surface area (Å²) >= 11 is 0. The van der Waals surface area contributed by atoms with E-state index >= 15 is 0 Å². The summed E-state index contributed by atoms with van der Waals surface area (Å²) in [5.74, 6) is 1.38. The van der Waals surface area contributed by atoms with Gasteiger partial charge in [0, 0.05) is 13.1 Å². The van der Waals surface area contributed by atoms with Crippen LogP contribution in [0.1, 0.15) is 63.4 Å².